The van der Waals surface area contributed by atoms with Crippen LogP contribution in [0.2, 0.25) is 0 Å². The number of benzene rings is 1. The highest BCUT2D eigenvalue weighted by molar-refractivity contribution is 7.93. The Morgan fingerprint density at radius 3 is 2.43 bits per heavy atom. The minimum Gasteiger partial charge on any atom is -0.493 e. The van der Waals surface area contributed by atoms with Crippen molar-refractivity contribution in [2.24, 2.45) is 5.73 Å². The van der Waals surface area contributed by atoms with Crippen LogP contribution in [0.4, 0.5) is 0 Å². The van der Waals surface area contributed by atoms with E-state index in [4.69, 9.17) is 15.2 Å². The lowest BCUT2D eigenvalue weighted by molar-refractivity contribution is 0.354. The third kappa shape index (κ3) is 3.04. The standard InChI is InChI=1S/C14H17NO4S2/c1-18-11-6-5-10(8-12(11)19-2)13(9-15)21(16,17)14-4-3-7-20-14/h3-8,13H,9,15H2,1-2H3. The molecule has 2 N–H and O–H groups in total. The molecule has 0 radical (unpaired) electrons. The first-order valence-corrected chi connectivity index (χ1v) is 8.66. The van der Waals surface area contributed by atoms with Crippen LogP contribution < -0.4 is 15.2 Å². The molecule has 0 fully saturated rings. The van der Waals surface area contributed by atoms with E-state index in [1.54, 1.807) is 35.7 Å². The summed E-state index contributed by atoms with van der Waals surface area (Å²) < 4.78 is 36.0. The van der Waals surface area contributed by atoms with Gasteiger partial charge in [-0.2, -0.15) is 0 Å². The monoisotopic (exact) mass is 327 g/mol. The Hall–Kier alpha value is -1.57. The molecule has 114 valence electrons. The molecule has 0 aliphatic carbocycles. The second-order valence-corrected chi connectivity index (χ2v) is 7.62. The second kappa shape index (κ2) is 6.46. The highest BCUT2D eigenvalue weighted by Crippen LogP contribution is 2.35. The number of hydrogen-bond donors (Lipinski definition) is 1. The molecule has 1 atom stereocenters. The summed E-state index contributed by atoms with van der Waals surface area (Å²) in [6.45, 7) is -0.00425. The Balaban J connectivity index is 2.47. The number of ether oxygens (including phenoxy) is 2. The molecule has 0 saturated carbocycles. The third-order valence-corrected chi connectivity index (χ3v) is 6.70. The molecule has 5 nitrogen and oxygen atoms in total. The van der Waals surface area contributed by atoms with Crippen molar-refractivity contribution in [2.45, 2.75) is 9.46 Å². The summed E-state index contributed by atoms with van der Waals surface area (Å²) in [5.74, 6) is 1.03. The van der Waals surface area contributed by atoms with Gasteiger partial charge in [-0.05, 0) is 29.1 Å². The fraction of sp³-hybridized carbons (Fsp3) is 0.286. The van der Waals surface area contributed by atoms with Gasteiger partial charge in [0.2, 0.25) is 0 Å². The van der Waals surface area contributed by atoms with Gasteiger partial charge in [0.15, 0.2) is 21.3 Å². The summed E-state index contributed by atoms with van der Waals surface area (Å²) in [6, 6.07) is 8.33. The fourth-order valence-corrected chi connectivity index (χ4v) is 4.87. The first-order chi connectivity index (χ1) is 10.0. The average Bonchev–Trinajstić information content (AvgIpc) is 3.02. The number of thiophene rings is 1. The molecule has 1 heterocycles. The van der Waals surface area contributed by atoms with Crippen molar-refractivity contribution in [1.29, 1.82) is 0 Å². The van der Waals surface area contributed by atoms with E-state index in [-0.39, 0.29) is 6.54 Å². The Morgan fingerprint density at radius 1 is 1.19 bits per heavy atom. The summed E-state index contributed by atoms with van der Waals surface area (Å²) in [5, 5.41) is 0.922. The molecule has 0 amide bonds. The van der Waals surface area contributed by atoms with Gasteiger partial charge in [-0.25, -0.2) is 8.42 Å². The van der Waals surface area contributed by atoms with E-state index in [9.17, 15) is 8.42 Å². The number of hydrogen-bond acceptors (Lipinski definition) is 6. The number of rotatable bonds is 6. The van der Waals surface area contributed by atoms with Crippen molar-refractivity contribution >= 4 is 21.2 Å². The van der Waals surface area contributed by atoms with Crippen LogP contribution in [0.25, 0.3) is 0 Å². The van der Waals surface area contributed by atoms with Crippen LogP contribution >= 0.6 is 11.3 Å². The van der Waals surface area contributed by atoms with Crippen LogP contribution in [0.3, 0.4) is 0 Å². The zero-order valence-corrected chi connectivity index (χ0v) is 13.4. The molecule has 0 aliphatic heterocycles. The van der Waals surface area contributed by atoms with E-state index in [1.165, 1.54) is 25.6 Å². The lowest BCUT2D eigenvalue weighted by atomic mass is 10.1. The molecule has 2 aromatic rings. The van der Waals surface area contributed by atoms with Gasteiger partial charge in [0.25, 0.3) is 0 Å². The molecular weight excluding hydrogens is 310 g/mol. The van der Waals surface area contributed by atoms with Gasteiger partial charge in [0.1, 0.15) is 9.46 Å². The average molecular weight is 327 g/mol. The summed E-state index contributed by atoms with van der Waals surface area (Å²) >= 11 is 1.19. The highest BCUT2D eigenvalue weighted by atomic mass is 32.2. The van der Waals surface area contributed by atoms with Crippen molar-refractivity contribution in [3.05, 3.63) is 41.3 Å². The van der Waals surface area contributed by atoms with Gasteiger partial charge in [-0.1, -0.05) is 12.1 Å². The number of nitrogens with two attached hydrogens (primary N) is 1. The molecule has 0 spiro atoms. The predicted octanol–water partition coefficient (Wildman–Crippen LogP) is 2.24. The predicted molar refractivity (Wildman–Crippen MR) is 82.8 cm³/mol. The summed E-state index contributed by atoms with van der Waals surface area (Å²) in [6.07, 6.45) is 0. The number of sulfone groups is 1. The van der Waals surface area contributed by atoms with E-state index in [0.29, 0.717) is 21.3 Å². The normalized spacial score (nSPS) is 12.9. The van der Waals surface area contributed by atoms with E-state index in [0.717, 1.165) is 0 Å². The smallest absolute Gasteiger partial charge is 0.195 e. The van der Waals surface area contributed by atoms with Crippen LogP contribution in [0, 0.1) is 0 Å². The molecule has 1 aromatic carbocycles. The maximum atomic E-state index is 12.6. The van der Waals surface area contributed by atoms with Gasteiger partial charge < -0.3 is 15.2 Å². The molecule has 21 heavy (non-hydrogen) atoms. The van der Waals surface area contributed by atoms with Gasteiger partial charge in [-0.3, -0.25) is 0 Å². The first-order valence-electron chi connectivity index (χ1n) is 6.24. The van der Waals surface area contributed by atoms with E-state index in [1.807, 2.05) is 0 Å². The first kappa shape index (κ1) is 15.8. The van der Waals surface area contributed by atoms with E-state index >= 15 is 0 Å². The quantitative estimate of drug-likeness (QED) is 0.880. The fourth-order valence-electron chi connectivity index (χ4n) is 2.06. The summed E-state index contributed by atoms with van der Waals surface area (Å²) in [7, 11) is -0.473. The van der Waals surface area contributed by atoms with Crippen molar-refractivity contribution in [3.8, 4) is 11.5 Å². The highest BCUT2D eigenvalue weighted by Gasteiger charge is 2.29. The lowest BCUT2D eigenvalue weighted by Crippen LogP contribution is -2.21. The van der Waals surface area contributed by atoms with Crippen molar-refractivity contribution in [1.82, 2.24) is 0 Å². The largest absolute Gasteiger partial charge is 0.493 e. The summed E-state index contributed by atoms with van der Waals surface area (Å²) in [4.78, 5) is 0. The van der Waals surface area contributed by atoms with Gasteiger partial charge in [0.05, 0.1) is 14.2 Å². The molecule has 7 heteroatoms. The maximum Gasteiger partial charge on any atom is 0.195 e. The molecule has 1 unspecified atom stereocenters. The number of methoxy groups -OCH3 is 2. The van der Waals surface area contributed by atoms with E-state index < -0.39 is 15.1 Å². The molecule has 1 aromatic heterocycles. The van der Waals surface area contributed by atoms with E-state index in [2.05, 4.69) is 0 Å². The summed E-state index contributed by atoms with van der Waals surface area (Å²) in [5.41, 5.74) is 6.30. The van der Waals surface area contributed by atoms with Crippen molar-refractivity contribution < 1.29 is 17.9 Å². The zero-order valence-electron chi connectivity index (χ0n) is 11.8. The van der Waals surface area contributed by atoms with Gasteiger partial charge >= 0.3 is 0 Å². The second-order valence-electron chi connectivity index (χ2n) is 4.32. The molecule has 0 bridgehead atoms. The maximum absolute atomic E-state index is 12.6. The Bertz CT molecular complexity index is 696. The SMILES string of the molecule is COc1ccc(C(CN)S(=O)(=O)c2cccs2)cc1OC. The van der Waals surface area contributed by atoms with Gasteiger partial charge in [-0.15, -0.1) is 11.3 Å². The Labute approximate surface area is 128 Å². The molecule has 0 aliphatic rings. The van der Waals surface area contributed by atoms with Crippen molar-refractivity contribution in [2.75, 3.05) is 20.8 Å². The van der Waals surface area contributed by atoms with Crippen LogP contribution in [-0.2, 0) is 9.84 Å². The van der Waals surface area contributed by atoms with Gasteiger partial charge in [0, 0.05) is 6.54 Å². The topological polar surface area (TPSA) is 78.6 Å². The third-order valence-electron chi connectivity index (χ3n) is 3.14. The molecule has 2 rings (SSSR count). The minimum absolute atomic E-state index is 0.00425. The molecule has 0 saturated heterocycles. The molecular formula is C14H17NO4S2. The van der Waals surface area contributed by atoms with Crippen LogP contribution in [-0.4, -0.2) is 29.2 Å². The van der Waals surface area contributed by atoms with Crippen molar-refractivity contribution in [3.63, 3.8) is 0 Å². The Morgan fingerprint density at radius 2 is 1.90 bits per heavy atom. The Kier molecular flexibility index (Phi) is 4.87. The minimum atomic E-state index is -3.51. The zero-order chi connectivity index (χ0) is 15.5. The van der Waals surface area contributed by atoms with Crippen LogP contribution in [0.15, 0.2) is 39.9 Å². The van der Waals surface area contributed by atoms with Crippen LogP contribution in [0.1, 0.15) is 10.8 Å². The lowest BCUT2D eigenvalue weighted by Gasteiger charge is -2.17. The van der Waals surface area contributed by atoms with Crippen LogP contribution in [0.5, 0.6) is 11.5 Å².